The van der Waals surface area contributed by atoms with Crippen molar-refractivity contribution in [3.8, 4) is 0 Å². The molecule has 2 atom stereocenters. The summed E-state index contributed by atoms with van der Waals surface area (Å²) in [4.78, 5) is 47.7. The van der Waals surface area contributed by atoms with Gasteiger partial charge in [0.1, 0.15) is 18.7 Å². The van der Waals surface area contributed by atoms with Gasteiger partial charge in [-0.25, -0.2) is 9.59 Å². The van der Waals surface area contributed by atoms with Crippen molar-refractivity contribution in [1.82, 2.24) is 10.6 Å². The predicted molar refractivity (Wildman–Crippen MR) is 110 cm³/mol. The zero-order valence-electron chi connectivity index (χ0n) is 17.4. The van der Waals surface area contributed by atoms with Gasteiger partial charge in [-0.15, -0.1) is 0 Å². The Balaban J connectivity index is 2.65. The zero-order valence-corrected chi connectivity index (χ0v) is 17.4. The Morgan fingerprint density at radius 2 is 1.73 bits per heavy atom. The van der Waals surface area contributed by atoms with E-state index < -0.39 is 36.0 Å². The van der Waals surface area contributed by atoms with Crippen molar-refractivity contribution < 1.29 is 28.7 Å². The van der Waals surface area contributed by atoms with Crippen LogP contribution in [0.3, 0.4) is 0 Å². The number of alkyl carbamates (subject to hydrolysis) is 1. The predicted octanol–water partition coefficient (Wildman–Crippen LogP) is 1.42. The summed E-state index contributed by atoms with van der Waals surface area (Å²) in [7, 11) is 0. The Hall–Kier alpha value is -3.36. The second-order valence-corrected chi connectivity index (χ2v) is 6.78. The maximum absolute atomic E-state index is 12.6. The first-order chi connectivity index (χ1) is 14.2. The van der Waals surface area contributed by atoms with Crippen LogP contribution in [-0.4, -0.2) is 42.6 Å². The summed E-state index contributed by atoms with van der Waals surface area (Å²) in [5, 5.41) is 5.00. The van der Waals surface area contributed by atoms with Gasteiger partial charge in [-0.3, -0.25) is 9.59 Å². The number of rotatable bonds is 11. The molecule has 0 aliphatic carbocycles. The number of amides is 3. The van der Waals surface area contributed by atoms with E-state index >= 15 is 0 Å². The highest BCUT2D eigenvalue weighted by Crippen LogP contribution is 2.06. The van der Waals surface area contributed by atoms with E-state index in [0.29, 0.717) is 0 Å². The Kier molecular flexibility index (Phi) is 10.7. The van der Waals surface area contributed by atoms with Gasteiger partial charge in [0.05, 0.1) is 6.61 Å². The molecule has 0 aromatic heterocycles. The topological polar surface area (TPSA) is 137 Å². The van der Waals surface area contributed by atoms with Crippen LogP contribution in [0.15, 0.2) is 42.5 Å². The van der Waals surface area contributed by atoms with Crippen LogP contribution in [0.5, 0.6) is 0 Å². The minimum absolute atomic E-state index is 0.00313. The largest absolute Gasteiger partial charge is 0.463 e. The average Bonchev–Trinajstić information content (AvgIpc) is 2.70. The number of ether oxygens (including phenoxy) is 2. The second kappa shape index (κ2) is 13.0. The molecule has 1 aromatic rings. The number of primary amides is 1. The van der Waals surface area contributed by atoms with E-state index in [9.17, 15) is 19.2 Å². The maximum Gasteiger partial charge on any atom is 0.408 e. The Bertz CT molecular complexity index is 748. The number of carbonyl (C=O) groups is 4. The normalized spacial score (nSPS) is 12.8. The fraction of sp³-hybridized carbons (Fsp3) is 0.429. The molecule has 164 valence electrons. The van der Waals surface area contributed by atoms with Crippen molar-refractivity contribution in [2.24, 2.45) is 11.7 Å². The molecule has 0 spiro atoms. The molecule has 1 rings (SSSR count). The van der Waals surface area contributed by atoms with Gasteiger partial charge >= 0.3 is 12.1 Å². The number of esters is 1. The van der Waals surface area contributed by atoms with Gasteiger partial charge < -0.3 is 25.8 Å². The standard InChI is InChI=1S/C21H29N3O6/c1-4-29-17(25)12-8-11-16(19(22)26)23-20(27)18(14(2)3)24-21(28)30-13-15-9-6-5-7-10-15/h5-10,12,14,16,18H,4,11,13H2,1-3H3,(H2,22,26)(H,23,27)(H,24,28)/b12-8+/t16-,18+/m0/s1. The van der Waals surface area contributed by atoms with Crippen LogP contribution in [0.4, 0.5) is 4.79 Å². The molecule has 0 bridgehead atoms. The van der Waals surface area contributed by atoms with Gasteiger partial charge in [-0.2, -0.15) is 0 Å². The number of carbonyl (C=O) groups excluding carboxylic acids is 4. The summed E-state index contributed by atoms with van der Waals surface area (Å²) in [6.07, 6.45) is 1.79. The Morgan fingerprint density at radius 1 is 1.07 bits per heavy atom. The van der Waals surface area contributed by atoms with Crippen LogP contribution in [0.1, 0.15) is 32.8 Å². The lowest BCUT2D eigenvalue weighted by Gasteiger charge is -2.23. The van der Waals surface area contributed by atoms with Crippen molar-refractivity contribution in [1.29, 1.82) is 0 Å². The van der Waals surface area contributed by atoms with E-state index in [1.165, 1.54) is 6.08 Å². The lowest BCUT2D eigenvalue weighted by Crippen LogP contribution is -2.54. The molecule has 3 amide bonds. The number of hydrogen-bond acceptors (Lipinski definition) is 6. The fourth-order valence-corrected chi connectivity index (χ4v) is 2.43. The quantitative estimate of drug-likeness (QED) is 0.366. The summed E-state index contributed by atoms with van der Waals surface area (Å²) in [6.45, 7) is 5.42. The summed E-state index contributed by atoms with van der Waals surface area (Å²) < 4.78 is 9.88. The first kappa shape index (κ1) is 24.7. The van der Waals surface area contributed by atoms with Crippen LogP contribution in [0, 0.1) is 5.92 Å². The van der Waals surface area contributed by atoms with Gasteiger partial charge in [-0.05, 0) is 24.8 Å². The number of nitrogens with two attached hydrogens (primary N) is 1. The van der Waals surface area contributed by atoms with Gasteiger partial charge in [-0.1, -0.05) is 50.3 Å². The third-order valence-corrected chi connectivity index (χ3v) is 4.01. The molecule has 30 heavy (non-hydrogen) atoms. The summed E-state index contributed by atoms with van der Waals surface area (Å²) in [5.74, 6) is -2.20. The van der Waals surface area contributed by atoms with Crippen molar-refractivity contribution in [3.63, 3.8) is 0 Å². The van der Waals surface area contributed by atoms with E-state index in [2.05, 4.69) is 10.6 Å². The van der Waals surface area contributed by atoms with Crippen molar-refractivity contribution in [3.05, 3.63) is 48.0 Å². The van der Waals surface area contributed by atoms with E-state index in [1.807, 2.05) is 18.2 Å². The highest BCUT2D eigenvalue weighted by atomic mass is 16.5. The van der Waals surface area contributed by atoms with Crippen molar-refractivity contribution >= 4 is 23.9 Å². The highest BCUT2D eigenvalue weighted by molar-refractivity contribution is 5.91. The Morgan fingerprint density at radius 3 is 2.30 bits per heavy atom. The molecular formula is C21H29N3O6. The summed E-state index contributed by atoms with van der Waals surface area (Å²) >= 11 is 0. The van der Waals surface area contributed by atoms with E-state index in [0.717, 1.165) is 11.6 Å². The summed E-state index contributed by atoms with van der Waals surface area (Å²) in [5.41, 5.74) is 6.14. The van der Waals surface area contributed by atoms with Gasteiger partial charge in [0.15, 0.2) is 0 Å². The first-order valence-electron chi connectivity index (χ1n) is 9.64. The fourth-order valence-electron chi connectivity index (χ4n) is 2.43. The Labute approximate surface area is 176 Å². The smallest absolute Gasteiger partial charge is 0.408 e. The van der Waals surface area contributed by atoms with Crippen LogP contribution in [0.2, 0.25) is 0 Å². The average molecular weight is 419 g/mol. The molecule has 1 aromatic carbocycles. The number of hydrogen-bond donors (Lipinski definition) is 3. The van der Waals surface area contributed by atoms with Crippen LogP contribution >= 0.6 is 0 Å². The molecule has 0 aliphatic heterocycles. The molecule has 0 aliphatic rings. The van der Waals surface area contributed by atoms with Crippen LogP contribution in [0.25, 0.3) is 0 Å². The third kappa shape index (κ3) is 9.22. The van der Waals surface area contributed by atoms with E-state index in [1.54, 1.807) is 32.9 Å². The monoisotopic (exact) mass is 419 g/mol. The minimum Gasteiger partial charge on any atom is -0.463 e. The molecule has 0 saturated carbocycles. The van der Waals surface area contributed by atoms with Crippen LogP contribution < -0.4 is 16.4 Å². The maximum atomic E-state index is 12.6. The molecule has 0 radical (unpaired) electrons. The van der Waals surface area contributed by atoms with Crippen molar-refractivity contribution in [2.45, 2.75) is 45.9 Å². The number of benzene rings is 1. The zero-order chi connectivity index (χ0) is 22.5. The molecule has 9 heteroatoms. The molecule has 0 fully saturated rings. The third-order valence-electron chi connectivity index (χ3n) is 4.01. The van der Waals surface area contributed by atoms with E-state index in [4.69, 9.17) is 15.2 Å². The summed E-state index contributed by atoms with van der Waals surface area (Å²) in [6, 6.07) is 7.11. The molecule has 0 saturated heterocycles. The molecule has 0 heterocycles. The SMILES string of the molecule is CCOC(=O)/C=C/C[C@H](NC(=O)[C@H](NC(=O)OCc1ccccc1)C(C)C)C(N)=O. The second-order valence-electron chi connectivity index (χ2n) is 6.78. The van der Waals surface area contributed by atoms with E-state index in [-0.39, 0.29) is 25.6 Å². The van der Waals surface area contributed by atoms with Crippen molar-refractivity contribution in [2.75, 3.05) is 6.61 Å². The lowest BCUT2D eigenvalue weighted by atomic mass is 10.0. The molecular weight excluding hydrogens is 390 g/mol. The van der Waals surface area contributed by atoms with Gasteiger partial charge in [0.25, 0.3) is 0 Å². The molecule has 0 unspecified atom stereocenters. The number of nitrogens with one attached hydrogen (secondary N) is 2. The molecule has 9 nitrogen and oxygen atoms in total. The highest BCUT2D eigenvalue weighted by Gasteiger charge is 2.28. The first-order valence-corrected chi connectivity index (χ1v) is 9.64. The molecule has 4 N–H and O–H groups in total. The van der Waals surface area contributed by atoms with Gasteiger partial charge in [0.2, 0.25) is 11.8 Å². The van der Waals surface area contributed by atoms with Crippen LogP contribution in [-0.2, 0) is 30.5 Å². The minimum atomic E-state index is -1.05. The lowest BCUT2D eigenvalue weighted by molar-refractivity contribution is -0.137. The van der Waals surface area contributed by atoms with Gasteiger partial charge in [0, 0.05) is 6.08 Å².